The molecule has 7 nitrogen and oxygen atoms in total. The Labute approximate surface area is 173 Å². The van der Waals surface area contributed by atoms with Gasteiger partial charge in [0.15, 0.2) is 5.82 Å². The molecule has 4 rings (SSSR count). The Morgan fingerprint density at radius 1 is 1.03 bits per heavy atom. The van der Waals surface area contributed by atoms with Crippen molar-refractivity contribution in [2.24, 2.45) is 0 Å². The molecule has 2 heterocycles. The number of anilines is 1. The summed E-state index contributed by atoms with van der Waals surface area (Å²) in [6, 6.07) is 11.3. The normalized spacial score (nSPS) is 10.9. The zero-order valence-corrected chi connectivity index (χ0v) is 16.2. The number of carbonyl (C=O) groups is 2. The Balaban J connectivity index is 1.37. The van der Waals surface area contributed by atoms with Gasteiger partial charge in [0.05, 0.1) is 5.69 Å². The van der Waals surface area contributed by atoms with E-state index in [4.69, 9.17) is 0 Å². The first-order valence-corrected chi connectivity index (χ1v) is 9.81. The fourth-order valence-electron chi connectivity index (χ4n) is 2.78. The number of thiazole rings is 1. The van der Waals surface area contributed by atoms with E-state index < -0.39 is 17.6 Å². The minimum absolute atomic E-state index is 0.191. The van der Waals surface area contributed by atoms with Crippen molar-refractivity contribution in [3.05, 3.63) is 71.2 Å². The highest BCUT2D eigenvalue weighted by Gasteiger charge is 2.15. The lowest BCUT2D eigenvalue weighted by Gasteiger charge is -2.06. The van der Waals surface area contributed by atoms with Gasteiger partial charge in [0.25, 0.3) is 0 Å². The lowest BCUT2D eigenvalue weighted by atomic mass is 10.2. The summed E-state index contributed by atoms with van der Waals surface area (Å²) in [5.74, 6) is -2.19. The van der Waals surface area contributed by atoms with E-state index in [1.807, 2.05) is 5.38 Å². The molecule has 2 N–H and O–H groups in total. The number of rotatable bonds is 5. The van der Waals surface area contributed by atoms with E-state index in [0.29, 0.717) is 22.8 Å². The molecule has 0 aliphatic rings. The van der Waals surface area contributed by atoms with Crippen molar-refractivity contribution in [1.29, 1.82) is 0 Å². The number of nitrogens with one attached hydrogen (secondary N) is 2. The maximum absolute atomic E-state index is 13.4. The Morgan fingerprint density at radius 3 is 2.57 bits per heavy atom. The van der Waals surface area contributed by atoms with Crippen molar-refractivity contribution in [3.63, 3.8) is 0 Å². The predicted molar refractivity (Wildman–Crippen MR) is 108 cm³/mol. The quantitative estimate of drug-likeness (QED) is 0.479. The van der Waals surface area contributed by atoms with Crippen LogP contribution in [0.25, 0.3) is 16.3 Å². The van der Waals surface area contributed by atoms with Gasteiger partial charge < -0.3 is 10.6 Å². The van der Waals surface area contributed by atoms with Crippen LogP contribution in [-0.4, -0.2) is 33.0 Å². The number of benzene rings is 2. The number of aromatic nitrogens is 3. The molecule has 0 atom stereocenters. The van der Waals surface area contributed by atoms with Gasteiger partial charge in [-0.1, -0.05) is 18.2 Å². The summed E-state index contributed by atoms with van der Waals surface area (Å²) in [5.41, 5.74) is 1.55. The molecule has 2 amide bonds. The van der Waals surface area contributed by atoms with Gasteiger partial charge in [-0.05, 0) is 30.3 Å². The second-order valence-electron chi connectivity index (χ2n) is 6.34. The van der Waals surface area contributed by atoms with Gasteiger partial charge >= 0.3 is 11.8 Å². The summed E-state index contributed by atoms with van der Waals surface area (Å²) < 4.78 is 28.2. The Morgan fingerprint density at radius 2 is 1.80 bits per heavy atom. The Kier molecular flexibility index (Phi) is 5.48. The van der Waals surface area contributed by atoms with Crippen molar-refractivity contribution in [1.82, 2.24) is 19.9 Å². The summed E-state index contributed by atoms with van der Waals surface area (Å²) in [4.78, 5) is 28.9. The first-order valence-electron chi connectivity index (χ1n) is 8.93. The zero-order chi connectivity index (χ0) is 21.1. The number of carbonyl (C=O) groups excluding carboxylic acids is 2. The Hall–Kier alpha value is -3.66. The summed E-state index contributed by atoms with van der Waals surface area (Å²) in [6.07, 6.45) is 0.408. The van der Waals surface area contributed by atoms with Crippen LogP contribution in [0.1, 0.15) is 5.69 Å². The topological polar surface area (TPSA) is 88.4 Å². The molecular weight excluding hydrogens is 412 g/mol. The smallest absolute Gasteiger partial charge is 0.313 e. The molecule has 30 heavy (non-hydrogen) atoms. The van der Waals surface area contributed by atoms with Crippen LogP contribution in [0.15, 0.2) is 53.9 Å². The number of nitrogens with zero attached hydrogens (tertiary/aromatic N) is 3. The molecule has 0 aliphatic carbocycles. The molecule has 0 unspecified atom stereocenters. The SMILES string of the molecule is O=C(NCCc1csc2nc(-c3cccc(F)c3)nn12)C(=O)Nc1cccc(F)c1. The second-order valence-corrected chi connectivity index (χ2v) is 7.17. The molecule has 0 saturated heterocycles. The van der Waals surface area contributed by atoms with Gasteiger partial charge in [-0.15, -0.1) is 16.4 Å². The van der Waals surface area contributed by atoms with Gasteiger partial charge in [-0.3, -0.25) is 9.59 Å². The largest absolute Gasteiger partial charge is 0.347 e. The predicted octanol–water partition coefficient (Wildman–Crippen LogP) is 3.03. The molecular formula is C20H15F2N5O2S. The molecule has 0 saturated carbocycles. The van der Waals surface area contributed by atoms with Crippen LogP contribution in [-0.2, 0) is 16.0 Å². The lowest BCUT2D eigenvalue weighted by Crippen LogP contribution is -2.36. The molecule has 2 aromatic carbocycles. The minimum Gasteiger partial charge on any atom is -0.347 e. The van der Waals surface area contributed by atoms with E-state index in [2.05, 4.69) is 20.7 Å². The first-order chi connectivity index (χ1) is 14.5. The standard InChI is InChI=1S/C20H15F2N5O2S/c21-13-4-1-3-12(9-13)17-25-20-27(26-17)16(11-30-20)7-8-23-18(28)19(29)24-15-6-2-5-14(22)10-15/h1-6,9-11H,7-8H2,(H,23,28)(H,24,29). The Bertz CT molecular complexity index is 1240. The molecule has 0 radical (unpaired) electrons. The molecule has 0 spiro atoms. The van der Waals surface area contributed by atoms with Gasteiger partial charge in [0, 0.05) is 29.6 Å². The van der Waals surface area contributed by atoms with Crippen LogP contribution in [0.3, 0.4) is 0 Å². The highest BCUT2D eigenvalue weighted by atomic mass is 32.1. The van der Waals surface area contributed by atoms with Crippen LogP contribution in [0.2, 0.25) is 0 Å². The van der Waals surface area contributed by atoms with Crippen LogP contribution in [0.5, 0.6) is 0 Å². The molecule has 10 heteroatoms. The number of hydrogen-bond donors (Lipinski definition) is 2. The fraction of sp³-hybridized carbons (Fsp3) is 0.100. The second kappa shape index (κ2) is 8.37. The van der Waals surface area contributed by atoms with Crippen molar-refractivity contribution in [3.8, 4) is 11.4 Å². The number of hydrogen-bond acceptors (Lipinski definition) is 5. The highest BCUT2D eigenvalue weighted by Crippen LogP contribution is 2.21. The van der Waals surface area contributed by atoms with Crippen molar-refractivity contribution in [2.75, 3.05) is 11.9 Å². The first kappa shape index (κ1) is 19.6. The number of fused-ring (bicyclic) bond motifs is 1. The third kappa shape index (κ3) is 4.33. The maximum Gasteiger partial charge on any atom is 0.313 e. The van der Waals surface area contributed by atoms with Crippen LogP contribution in [0, 0.1) is 11.6 Å². The van der Waals surface area contributed by atoms with E-state index in [1.165, 1.54) is 41.7 Å². The van der Waals surface area contributed by atoms with Crippen molar-refractivity contribution < 1.29 is 18.4 Å². The maximum atomic E-state index is 13.4. The van der Waals surface area contributed by atoms with Crippen LogP contribution in [0.4, 0.5) is 14.5 Å². The third-order valence-corrected chi connectivity index (χ3v) is 5.05. The monoisotopic (exact) mass is 427 g/mol. The average Bonchev–Trinajstić information content (AvgIpc) is 3.29. The number of amides is 2. The van der Waals surface area contributed by atoms with Gasteiger partial charge in [-0.25, -0.2) is 13.3 Å². The van der Waals surface area contributed by atoms with E-state index in [0.717, 1.165) is 11.8 Å². The summed E-state index contributed by atoms with van der Waals surface area (Å²) >= 11 is 1.37. The van der Waals surface area contributed by atoms with Gasteiger partial charge in [0.1, 0.15) is 11.6 Å². The molecule has 0 aliphatic heterocycles. The van der Waals surface area contributed by atoms with Gasteiger partial charge in [-0.2, -0.15) is 4.98 Å². The summed E-state index contributed by atoms with van der Waals surface area (Å²) in [5, 5.41) is 11.1. The lowest BCUT2D eigenvalue weighted by molar-refractivity contribution is -0.136. The highest BCUT2D eigenvalue weighted by molar-refractivity contribution is 7.15. The summed E-state index contributed by atoms with van der Waals surface area (Å²) in [7, 11) is 0. The van der Waals surface area contributed by atoms with E-state index >= 15 is 0 Å². The minimum atomic E-state index is -0.884. The molecule has 0 bridgehead atoms. The van der Waals surface area contributed by atoms with E-state index in [1.54, 1.807) is 16.6 Å². The third-order valence-electron chi connectivity index (χ3n) is 4.19. The zero-order valence-electron chi connectivity index (χ0n) is 15.4. The fourth-order valence-corrected chi connectivity index (χ4v) is 3.64. The molecule has 0 fully saturated rings. The van der Waals surface area contributed by atoms with E-state index in [9.17, 15) is 18.4 Å². The average molecular weight is 427 g/mol. The molecule has 4 aromatic rings. The van der Waals surface area contributed by atoms with Crippen molar-refractivity contribution >= 4 is 33.8 Å². The number of halogens is 2. The molecule has 152 valence electrons. The van der Waals surface area contributed by atoms with Gasteiger partial charge in [0.2, 0.25) is 4.96 Å². The summed E-state index contributed by atoms with van der Waals surface area (Å²) in [6.45, 7) is 0.191. The molecule has 2 aromatic heterocycles. The van der Waals surface area contributed by atoms with Crippen LogP contribution >= 0.6 is 11.3 Å². The van der Waals surface area contributed by atoms with Crippen molar-refractivity contribution in [2.45, 2.75) is 6.42 Å². The van der Waals surface area contributed by atoms with Crippen LogP contribution < -0.4 is 10.6 Å². The van der Waals surface area contributed by atoms with E-state index in [-0.39, 0.29) is 18.0 Å².